The fourth-order valence-electron chi connectivity index (χ4n) is 4.11. The monoisotopic (exact) mass is 531 g/mol. The number of aliphatic carboxylic acids is 2. The highest BCUT2D eigenvalue weighted by Crippen LogP contribution is 2.39. The SMILES string of the molecule is CC#C[C@@]1(O)[C@@H](COC(Cc2ccccc2)(C(=O)O)C(=O)O)O[C@@H](n2cnc3c(N)nc(Cl)nc32)[C@@H]1O. The number of carboxylic acid groups (broad SMARTS) is 2. The minimum Gasteiger partial charge on any atom is -0.479 e. The van der Waals surface area contributed by atoms with Gasteiger partial charge in [0.25, 0.3) is 5.60 Å². The number of carbonyl (C=O) groups is 2. The average molecular weight is 532 g/mol. The lowest BCUT2D eigenvalue weighted by atomic mass is 9.91. The van der Waals surface area contributed by atoms with E-state index in [1.54, 1.807) is 30.3 Å². The molecule has 4 rings (SSSR count). The van der Waals surface area contributed by atoms with Crippen molar-refractivity contribution in [3.8, 4) is 11.8 Å². The summed E-state index contributed by atoms with van der Waals surface area (Å²) in [7, 11) is 0. The molecule has 1 aliphatic rings. The van der Waals surface area contributed by atoms with Gasteiger partial charge in [-0.2, -0.15) is 9.97 Å². The van der Waals surface area contributed by atoms with Crippen LogP contribution in [0.15, 0.2) is 36.7 Å². The van der Waals surface area contributed by atoms with E-state index in [0.29, 0.717) is 5.56 Å². The Kier molecular flexibility index (Phi) is 7.05. The standard InChI is InChI=1S/C23H22ClN5O8/c1-2-8-22(35)13(10-36-23(19(31)32,20(33)34)9-12-6-4-3-5-7-12)37-18(15(22)30)29-11-26-14-16(25)27-21(24)28-17(14)29/h3-7,11,13,15,18,30,35H,9-10H2,1H3,(H,31,32)(H,33,34)(H2,25,27,28)/t13-,15+,18-,22-/m1/s1. The first-order valence-electron chi connectivity index (χ1n) is 10.8. The lowest BCUT2D eigenvalue weighted by Crippen LogP contribution is -2.55. The molecule has 0 aliphatic carbocycles. The molecule has 13 nitrogen and oxygen atoms in total. The van der Waals surface area contributed by atoms with Gasteiger partial charge in [0.1, 0.15) is 17.7 Å². The largest absolute Gasteiger partial charge is 0.479 e. The van der Waals surface area contributed by atoms with Crippen LogP contribution in [0.3, 0.4) is 0 Å². The van der Waals surface area contributed by atoms with Gasteiger partial charge in [-0.15, -0.1) is 5.92 Å². The van der Waals surface area contributed by atoms with Gasteiger partial charge in [-0.3, -0.25) is 4.57 Å². The van der Waals surface area contributed by atoms with Crippen molar-refractivity contribution in [1.82, 2.24) is 19.5 Å². The zero-order chi connectivity index (χ0) is 27.0. The number of anilines is 1. The summed E-state index contributed by atoms with van der Waals surface area (Å²) in [5, 5.41) is 41.8. The summed E-state index contributed by atoms with van der Waals surface area (Å²) >= 11 is 5.91. The van der Waals surface area contributed by atoms with Crippen molar-refractivity contribution in [1.29, 1.82) is 0 Å². The van der Waals surface area contributed by atoms with Gasteiger partial charge in [0.2, 0.25) is 5.28 Å². The normalized spacial score (nSPS) is 23.5. The van der Waals surface area contributed by atoms with Gasteiger partial charge in [-0.05, 0) is 24.1 Å². The quantitative estimate of drug-likeness (QED) is 0.151. The number of aromatic nitrogens is 4. The van der Waals surface area contributed by atoms with E-state index in [2.05, 4.69) is 26.8 Å². The van der Waals surface area contributed by atoms with E-state index in [0.717, 1.165) is 0 Å². The third-order valence-electron chi connectivity index (χ3n) is 6.00. The predicted octanol–water partition coefficient (Wildman–Crippen LogP) is 0.242. The van der Waals surface area contributed by atoms with E-state index in [-0.39, 0.29) is 22.3 Å². The number of rotatable bonds is 8. The molecule has 14 heteroatoms. The first kappa shape index (κ1) is 26.3. The number of hydrogen-bond donors (Lipinski definition) is 5. The van der Waals surface area contributed by atoms with E-state index in [4.69, 9.17) is 26.8 Å². The smallest absolute Gasteiger partial charge is 0.348 e. The van der Waals surface area contributed by atoms with Crippen LogP contribution in [-0.2, 0) is 25.5 Å². The third kappa shape index (κ3) is 4.57. The molecule has 3 aromatic rings. The van der Waals surface area contributed by atoms with E-state index in [9.17, 15) is 30.0 Å². The third-order valence-corrected chi connectivity index (χ3v) is 6.17. The second kappa shape index (κ2) is 9.92. The molecule has 2 aromatic heterocycles. The van der Waals surface area contributed by atoms with Crippen LogP contribution in [0.5, 0.6) is 0 Å². The molecule has 1 saturated heterocycles. The Morgan fingerprint density at radius 2 is 1.95 bits per heavy atom. The zero-order valence-electron chi connectivity index (χ0n) is 19.3. The summed E-state index contributed by atoms with van der Waals surface area (Å²) in [5.74, 6) is 1.42. The number of nitrogens with zero attached hydrogens (tertiary/aromatic N) is 4. The van der Waals surface area contributed by atoms with Crippen LogP contribution in [0, 0.1) is 11.8 Å². The number of benzene rings is 1. The number of halogens is 1. The molecule has 0 radical (unpaired) electrons. The van der Waals surface area contributed by atoms with Crippen LogP contribution in [0.4, 0.5) is 5.82 Å². The van der Waals surface area contributed by atoms with Crippen molar-refractivity contribution in [2.45, 2.75) is 43.0 Å². The molecule has 6 N–H and O–H groups in total. The molecule has 0 bridgehead atoms. The Bertz CT molecular complexity index is 1390. The van der Waals surface area contributed by atoms with Gasteiger partial charge in [0.05, 0.1) is 12.9 Å². The Hall–Kier alpha value is -3.80. The number of nitrogens with two attached hydrogens (primary N) is 1. The molecular formula is C23H22ClN5O8. The highest BCUT2D eigenvalue weighted by Gasteiger charge is 2.58. The second-order valence-electron chi connectivity index (χ2n) is 8.27. The van der Waals surface area contributed by atoms with Crippen molar-refractivity contribution in [2.24, 2.45) is 0 Å². The molecular weight excluding hydrogens is 510 g/mol. The summed E-state index contributed by atoms with van der Waals surface area (Å²) in [6, 6.07) is 8.04. The van der Waals surface area contributed by atoms with Crippen LogP contribution in [0.25, 0.3) is 11.2 Å². The molecule has 37 heavy (non-hydrogen) atoms. The highest BCUT2D eigenvalue weighted by atomic mass is 35.5. The van der Waals surface area contributed by atoms with Gasteiger partial charge >= 0.3 is 11.9 Å². The number of ether oxygens (including phenoxy) is 2. The molecule has 194 valence electrons. The average Bonchev–Trinajstić information content (AvgIpc) is 3.36. The van der Waals surface area contributed by atoms with E-state index in [1.165, 1.54) is 17.8 Å². The zero-order valence-corrected chi connectivity index (χ0v) is 20.0. The van der Waals surface area contributed by atoms with E-state index in [1.807, 2.05) is 0 Å². The molecule has 0 saturated carbocycles. The van der Waals surface area contributed by atoms with Gasteiger partial charge in [0, 0.05) is 6.42 Å². The minimum atomic E-state index is -2.72. The predicted molar refractivity (Wildman–Crippen MR) is 127 cm³/mol. The van der Waals surface area contributed by atoms with Crippen molar-refractivity contribution < 1.29 is 39.5 Å². The van der Waals surface area contributed by atoms with Crippen LogP contribution < -0.4 is 5.73 Å². The maximum absolute atomic E-state index is 12.1. The fraction of sp³-hybridized carbons (Fsp3) is 0.348. The summed E-state index contributed by atoms with van der Waals surface area (Å²) in [4.78, 5) is 36.2. The molecule has 4 atom stereocenters. The van der Waals surface area contributed by atoms with Gasteiger partial charge in [0.15, 0.2) is 23.3 Å². The van der Waals surface area contributed by atoms with Crippen molar-refractivity contribution >= 4 is 40.5 Å². The van der Waals surface area contributed by atoms with Crippen molar-refractivity contribution in [3.05, 3.63) is 47.5 Å². The van der Waals surface area contributed by atoms with Crippen molar-refractivity contribution in [2.75, 3.05) is 12.3 Å². The summed E-state index contributed by atoms with van der Waals surface area (Å²) in [5.41, 5.74) is 1.46. The number of aliphatic hydroxyl groups excluding tert-OH is 1. The van der Waals surface area contributed by atoms with Gasteiger partial charge < -0.3 is 35.6 Å². The molecule has 1 aromatic carbocycles. The Morgan fingerprint density at radius 3 is 2.57 bits per heavy atom. The van der Waals surface area contributed by atoms with Gasteiger partial charge in [-0.25, -0.2) is 14.6 Å². The Labute approximate surface area is 214 Å². The molecule has 3 heterocycles. The molecule has 0 unspecified atom stereocenters. The lowest BCUT2D eigenvalue weighted by Gasteiger charge is -2.30. The summed E-state index contributed by atoms with van der Waals surface area (Å²) in [6.45, 7) is 0.652. The first-order valence-corrected chi connectivity index (χ1v) is 11.2. The molecule has 0 amide bonds. The summed E-state index contributed by atoms with van der Waals surface area (Å²) in [6.07, 6.45) is -3.85. The number of imidazole rings is 1. The minimum absolute atomic E-state index is 0.0293. The number of aliphatic hydroxyl groups is 2. The Morgan fingerprint density at radius 1 is 1.27 bits per heavy atom. The van der Waals surface area contributed by atoms with Crippen LogP contribution >= 0.6 is 11.6 Å². The van der Waals surface area contributed by atoms with Crippen LogP contribution in [0.1, 0.15) is 18.7 Å². The second-order valence-corrected chi connectivity index (χ2v) is 8.61. The molecule has 1 fully saturated rings. The molecule has 0 spiro atoms. The maximum Gasteiger partial charge on any atom is 0.348 e. The topological polar surface area (TPSA) is 203 Å². The number of carboxylic acids is 2. The van der Waals surface area contributed by atoms with E-state index < -0.39 is 54.6 Å². The fourth-order valence-corrected chi connectivity index (χ4v) is 4.28. The highest BCUT2D eigenvalue weighted by molar-refractivity contribution is 6.28. The molecule has 1 aliphatic heterocycles. The van der Waals surface area contributed by atoms with E-state index >= 15 is 0 Å². The number of nitrogen functional groups attached to an aromatic ring is 1. The lowest BCUT2D eigenvalue weighted by molar-refractivity contribution is -0.191. The number of hydrogen-bond acceptors (Lipinski definition) is 10. The summed E-state index contributed by atoms with van der Waals surface area (Å²) < 4.78 is 12.6. The maximum atomic E-state index is 12.1. The van der Waals surface area contributed by atoms with Gasteiger partial charge in [-0.1, -0.05) is 36.3 Å². The number of fused-ring (bicyclic) bond motifs is 1. The van der Waals surface area contributed by atoms with Crippen LogP contribution in [0.2, 0.25) is 5.28 Å². The van der Waals surface area contributed by atoms with Crippen LogP contribution in [-0.4, -0.2) is 81.9 Å². The van der Waals surface area contributed by atoms with Crippen molar-refractivity contribution in [3.63, 3.8) is 0 Å². The first-order chi connectivity index (χ1) is 17.5. The Balaban J connectivity index is 1.68.